The average molecular weight is 387 g/mol. The summed E-state index contributed by atoms with van der Waals surface area (Å²) < 4.78 is 6.39. The predicted molar refractivity (Wildman–Crippen MR) is 110 cm³/mol. The number of aryl methyl sites for hydroxylation is 1. The summed E-state index contributed by atoms with van der Waals surface area (Å²) in [6.45, 7) is 10.9. The normalized spacial score (nSPS) is 30.7. The van der Waals surface area contributed by atoms with E-state index in [-0.39, 0.29) is 5.60 Å². The molecular formula is C21H34N6O. The van der Waals surface area contributed by atoms with E-state index < -0.39 is 0 Å². The largest absolute Gasteiger partial charge is 0.372 e. The first-order chi connectivity index (χ1) is 13.6. The molecule has 2 aliphatic carbocycles. The molecule has 2 aliphatic heterocycles. The third-order valence-corrected chi connectivity index (χ3v) is 7.06. The molecule has 1 saturated carbocycles. The first kappa shape index (κ1) is 18.7. The molecule has 1 aromatic heterocycles. The van der Waals surface area contributed by atoms with Crippen molar-refractivity contribution in [3.05, 3.63) is 17.0 Å². The molecule has 0 radical (unpaired) electrons. The zero-order valence-corrected chi connectivity index (χ0v) is 17.3. The Hall–Kier alpha value is -1.28. The molecule has 2 N–H and O–H groups in total. The second-order valence-corrected chi connectivity index (χ2v) is 9.12. The van der Waals surface area contributed by atoms with E-state index in [1.807, 2.05) is 0 Å². The third kappa shape index (κ3) is 3.77. The van der Waals surface area contributed by atoms with Crippen molar-refractivity contribution in [2.45, 2.75) is 70.2 Å². The summed E-state index contributed by atoms with van der Waals surface area (Å²) in [7, 11) is 0. The van der Waals surface area contributed by atoms with Gasteiger partial charge in [-0.3, -0.25) is 20.3 Å². The maximum Gasteiger partial charge on any atom is 0.110 e. The highest BCUT2D eigenvalue weighted by molar-refractivity contribution is 6.01. The Labute approximate surface area is 167 Å². The van der Waals surface area contributed by atoms with Gasteiger partial charge in [-0.1, -0.05) is 6.92 Å². The Bertz CT molecular complexity index is 731. The van der Waals surface area contributed by atoms with Crippen LogP contribution in [0.15, 0.2) is 4.99 Å². The minimum Gasteiger partial charge on any atom is -0.372 e. The molecule has 0 amide bonds. The average Bonchev–Trinajstić information content (AvgIpc) is 3.30. The summed E-state index contributed by atoms with van der Waals surface area (Å²) in [4.78, 5) is 9.92. The minimum atomic E-state index is 0.143. The zero-order chi connectivity index (χ0) is 19.1. The van der Waals surface area contributed by atoms with Crippen LogP contribution in [0, 0.1) is 0 Å². The minimum absolute atomic E-state index is 0.143. The van der Waals surface area contributed by atoms with Gasteiger partial charge in [-0.2, -0.15) is 5.10 Å². The van der Waals surface area contributed by atoms with E-state index in [4.69, 9.17) is 14.8 Å². The lowest BCUT2D eigenvalue weighted by molar-refractivity contribution is -0.0255. The molecular weight excluding hydrogens is 352 g/mol. The lowest BCUT2D eigenvalue weighted by atomic mass is 9.91. The SMILES string of the molecule is CCN1CCN([C@@H]2CC(c3n[nH]c4c3C[C@@H](OC3(C)CC3)CC4)=NCN2)CC1. The Morgan fingerprint density at radius 2 is 2.00 bits per heavy atom. The van der Waals surface area contributed by atoms with Gasteiger partial charge in [0, 0.05) is 50.3 Å². The van der Waals surface area contributed by atoms with Crippen LogP contribution in [-0.2, 0) is 17.6 Å². The van der Waals surface area contributed by atoms with Gasteiger partial charge in [0.05, 0.1) is 30.3 Å². The van der Waals surface area contributed by atoms with Crippen LogP contribution in [0.4, 0.5) is 0 Å². The molecule has 5 rings (SSSR count). The van der Waals surface area contributed by atoms with Crippen LogP contribution >= 0.6 is 0 Å². The number of aromatic amines is 1. The van der Waals surface area contributed by atoms with Crippen molar-refractivity contribution in [1.82, 2.24) is 25.3 Å². The van der Waals surface area contributed by atoms with Crippen molar-refractivity contribution < 1.29 is 4.74 Å². The van der Waals surface area contributed by atoms with Crippen LogP contribution in [0.3, 0.4) is 0 Å². The van der Waals surface area contributed by atoms with E-state index in [0.29, 0.717) is 18.9 Å². The molecule has 2 atom stereocenters. The standard InChI is InChI=1S/C21H34N6O/c1-3-26-8-10-27(11-9-26)19-13-18(22-14-23-19)20-16-12-15(28-21(2)6-7-21)4-5-17(16)24-25-20/h15,19,23H,3-14H2,1-2H3,(H,24,25)/t15-,19+/m0/s1. The fraction of sp³-hybridized carbons (Fsp3) is 0.810. The van der Waals surface area contributed by atoms with Crippen molar-refractivity contribution in [2.24, 2.45) is 4.99 Å². The first-order valence-corrected chi connectivity index (χ1v) is 11.1. The molecule has 7 nitrogen and oxygen atoms in total. The predicted octanol–water partition coefficient (Wildman–Crippen LogP) is 1.54. The number of hydrogen-bond donors (Lipinski definition) is 2. The summed E-state index contributed by atoms with van der Waals surface area (Å²) >= 11 is 0. The molecule has 4 aliphatic rings. The Morgan fingerprint density at radius 3 is 2.75 bits per heavy atom. The van der Waals surface area contributed by atoms with Crippen molar-refractivity contribution in [2.75, 3.05) is 39.4 Å². The number of nitrogens with zero attached hydrogens (tertiary/aromatic N) is 4. The Morgan fingerprint density at radius 1 is 1.18 bits per heavy atom. The number of nitrogens with one attached hydrogen (secondary N) is 2. The van der Waals surface area contributed by atoms with Gasteiger partial charge in [0.25, 0.3) is 0 Å². The number of rotatable bonds is 5. The van der Waals surface area contributed by atoms with Crippen molar-refractivity contribution in [3.8, 4) is 0 Å². The van der Waals surface area contributed by atoms with Gasteiger partial charge in [-0.05, 0) is 39.2 Å². The van der Waals surface area contributed by atoms with E-state index in [1.165, 1.54) is 24.1 Å². The molecule has 154 valence electrons. The Kier molecular flexibility index (Phi) is 5.03. The van der Waals surface area contributed by atoms with E-state index in [1.54, 1.807) is 0 Å². The highest BCUT2D eigenvalue weighted by Gasteiger charge is 2.42. The van der Waals surface area contributed by atoms with Gasteiger partial charge < -0.3 is 9.64 Å². The van der Waals surface area contributed by atoms with E-state index in [9.17, 15) is 0 Å². The van der Waals surface area contributed by atoms with E-state index in [2.05, 4.69) is 34.1 Å². The molecule has 0 aromatic carbocycles. The van der Waals surface area contributed by atoms with Crippen molar-refractivity contribution in [1.29, 1.82) is 0 Å². The monoisotopic (exact) mass is 386 g/mol. The van der Waals surface area contributed by atoms with Gasteiger partial charge in [0.1, 0.15) is 5.69 Å². The van der Waals surface area contributed by atoms with E-state index in [0.717, 1.165) is 69.8 Å². The molecule has 0 spiro atoms. The smallest absolute Gasteiger partial charge is 0.110 e. The lowest BCUT2D eigenvalue weighted by Gasteiger charge is -2.40. The Balaban J connectivity index is 1.27. The fourth-order valence-electron chi connectivity index (χ4n) is 4.89. The second-order valence-electron chi connectivity index (χ2n) is 9.12. The van der Waals surface area contributed by atoms with Crippen LogP contribution in [0.1, 0.15) is 56.5 Å². The summed E-state index contributed by atoms with van der Waals surface area (Å²) in [5, 5.41) is 11.6. The number of hydrogen-bond acceptors (Lipinski definition) is 6. The van der Waals surface area contributed by atoms with Crippen LogP contribution in [0.5, 0.6) is 0 Å². The quantitative estimate of drug-likeness (QED) is 0.803. The molecule has 2 fully saturated rings. The van der Waals surface area contributed by atoms with Gasteiger partial charge in [-0.15, -0.1) is 0 Å². The molecule has 0 unspecified atom stereocenters. The highest BCUT2D eigenvalue weighted by atomic mass is 16.5. The van der Waals surface area contributed by atoms with Crippen molar-refractivity contribution in [3.63, 3.8) is 0 Å². The lowest BCUT2D eigenvalue weighted by Crippen LogP contribution is -2.56. The molecule has 0 bridgehead atoms. The van der Waals surface area contributed by atoms with Crippen LogP contribution < -0.4 is 5.32 Å². The molecule has 7 heteroatoms. The van der Waals surface area contributed by atoms with Crippen LogP contribution in [0.2, 0.25) is 0 Å². The maximum absolute atomic E-state index is 6.39. The fourth-order valence-corrected chi connectivity index (χ4v) is 4.89. The number of H-pyrrole nitrogens is 1. The summed E-state index contributed by atoms with van der Waals surface area (Å²) in [6.07, 6.45) is 7.17. The number of ether oxygens (including phenoxy) is 1. The van der Waals surface area contributed by atoms with Gasteiger partial charge in [0.15, 0.2) is 0 Å². The summed E-state index contributed by atoms with van der Waals surface area (Å²) in [6, 6.07) is 0. The van der Waals surface area contributed by atoms with Gasteiger partial charge in [0.2, 0.25) is 0 Å². The number of likely N-dealkylation sites (N-methyl/N-ethyl adjacent to an activating group) is 1. The number of piperazine rings is 1. The molecule has 1 aromatic rings. The molecule has 3 heterocycles. The van der Waals surface area contributed by atoms with Gasteiger partial charge >= 0.3 is 0 Å². The first-order valence-electron chi connectivity index (χ1n) is 11.1. The maximum atomic E-state index is 6.39. The number of fused-ring (bicyclic) bond motifs is 1. The van der Waals surface area contributed by atoms with Crippen LogP contribution in [-0.4, -0.2) is 83.0 Å². The number of aromatic nitrogens is 2. The topological polar surface area (TPSA) is 68.8 Å². The third-order valence-electron chi connectivity index (χ3n) is 7.06. The molecule has 28 heavy (non-hydrogen) atoms. The summed E-state index contributed by atoms with van der Waals surface area (Å²) in [5.41, 5.74) is 5.06. The second kappa shape index (κ2) is 7.52. The van der Waals surface area contributed by atoms with E-state index >= 15 is 0 Å². The number of aliphatic imine (C=N–C) groups is 1. The highest BCUT2D eigenvalue weighted by Crippen LogP contribution is 2.41. The van der Waals surface area contributed by atoms with Crippen molar-refractivity contribution >= 4 is 5.71 Å². The molecule has 1 saturated heterocycles. The van der Waals surface area contributed by atoms with Crippen LogP contribution in [0.25, 0.3) is 0 Å². The summed E-state index contributed by atoms with van der Waals surface area (Å²) in [5.74, 6) is 0. The van der Waals surface area contributed by atoms with Gasteiger partial charge in [-0.25, -0.2) is 0 Å². The zero-order valence-electron chi connectivity index (χ0n) is 17.3.